The lowest BCUT2D eigenvalue weighted by Crippen LogP contribution is -2.27. The number of benzene rings is 2. The molecule has 0 heterocycles. The van der Waals surface area contributed by atoms with E-state index in [2.05, 4.69) is 0 Å². The Morgan fingerprint density at radius 3 is 2.50 bits per heavy atom. The number of aliphatic hydroxyl groups is 1. The molecule has 0 saturated carbocycles. The molecule has 1 N–H and O–H groups in total. The van der Waals surface area contributed by atoms with Crippen LogP contribution in [0.2, 0.25) is 0 Å². The summed E-state index contributed by atoms with van der Waals surface area (Å²) in [6, 6.07) is 14.0. The summed E-state index contributed by atoms with van der Waals surface area (Å²) in [5, 5.41) is 11.9. The molecule has 16 heavy (non-hydrogen) atoms. The third-order valence-corrected chi connectivity index (χ3v) is 2.33. The van der Waals surface area contributed by atoms with Crippen LogP contribution in [0.3, 0.4) is 0 Å². The van der Waals surface area contributed by atoms with Crippen LogP contribution < -0.4 is 4.74 Å². The summed E-state index contributed by atoms with van der Waals surface area (Å²) < 4.78 is 5.63. The van der Waals surface area contributed by atoms with Gasteiger partial charge in [0, 0.05) is 5.39 Å². The van der Waals surface area contributed by atoms with Crippen LogP contribution in [0.5, 0.6) is 5.75 Å². The first-order chi connectivity index (χ1) is 7.56. The lowest BCUT2D eigenvalue weighted by atomic mass is 10.1. The minimum atomic E-state index is -0.809. The average Bonchev–Trinajstić information content (AvgIpc) is 2.25. The lowest BCUT2D eigenvalue weighted by Gasteiger charge is -2.18. The predicted molar refractivity (Wildman–Crippen MR) is 65.7 cm³/mol. The monoisotopic (exact) mass is 216 g/mol. The minimum Gasteiger partial charge on any atom is -0.490 e. The Labute approximate surface area is 95.5 Å². The van der Waals surface area contributed by atoms with E-state index in [0.717, 1.165) is 16.5 Å². The van der Waals surface area contributed by atoms with Gasteiger partial charge in [-0.05, 0) is 25.3 Å². The van der Waals surface area contributed by atoms with Gasteiger partial charge in [0.05, 0.1) is 5.60 Å². The molecule has 0 aliphatic carbocycles. The quantitative estimate of drug-likeness (QED) is 0.854. The van der Waals surface area contributed by atoms with Crippen molar-refractivity contribution < 1.29 is 9.84 Å². The fourth-order valence-electron chi connectivity index (χ4n) is 1.58. The lowest BCUT2D eigenvalue weighted by molar-refractivity contribution is 0.0290. The van der Waals surface area contributed by atoms with Gasteiger partial charge >= 0.3 is 0 Å². The zero-order valence-electron chi connectivity index (χ0n) is 9.60. The predicted octanol–water partition coefficient (Wildman–Crippen LogP) is 2.99. The van der Waals surface area contributed by atoms with Crippen molar-refractivity contribution in [2.24, 2.45) is 0 Å². The Balaban J connectivity index is 2.30. The third-order valence-electron chi connectivity index (χ3n) is 2.33. The number of hydrogen-bond acceptors (Lipinski definition) is 2. The van der Waals surface area contributed by atoms with E-state index in [4.69, 9.17) is 4.74 Å². The molecule has 2 aromatic rings. The Bertz CT molecular complexity index is 478. The van der Waals surface area contributed by atoms with Crippen molar-refractivity contribution in [1.82, 2.24) is 0 Å². The highest BCUT2D eigenvalue weighted by Gasteiger charge is 2.13. The number of ether oxygens (including phenoxy) is 1. The number of fused-ring (bicyclic) bond motifs is 1. The molecule has 2 heteroatoms. The standard InChI is InChI=1S/C14H16O2/c1-14(2,15)10-16-13-9-5-7-11-6-3-4-8-12(11)13/h3-9,15H,10H2,1-2H3. The summed E-state index contributed by atoms with van der Waals surface area (Å²) in [4.78, 5) is 0. The first-order valence-corrected chi connectivity index (χ1v) is 5.39. The first kappa shape index (κ1) is 11.0. The summed E-state index contributed by atoms with van der Waals surface area (Å²) >= 11 is 0. The number of hydrogen-bond donors (Lipinski definition) is 1. The molecule has 0 unspecified atom stereocenters. The van der Waals surface area contributed by atoms with Crippen molar-refractivity contribution >= 4 is 10.8 Å². The van der Waals surface area contributed by atoms with Crippen LogP contribution in [0.4, 0.5) is 0 Å². The van der Waals surface area contributed by atoms with Crippen LogP contribution in [0.15, 0.2) is 42.5 Å². The van der Waals surface area contributed by atoms with Gasteiger partial charge < -0.3 is 9.84 Å². The van der Waals surface area contributed by atoms with Crippen LogP contribution >= 0.6 is 0 Å². The van der Waals surface area contributed by atoms with Crippen LogP contribution in [-0.2, 0) is 0 Å². The fraction of sp³-hybridized carbons (Fsp3) is 0.286. The van der Waals surface area contributed by atoms with Gasteiger partial charge in [-0.2, -0.15) is 0 Å². The zero-order valence-corrected chi connectivity index (χ0v) is 9.60. The topological polar surface area (TPSA) is 29.5 Å². The van der Waals surface area contributed by atoms with Gasteiger partial charge in [0.1, 0.15) is 12.4 Å². The number of rotatable bonds is 3. The smallest absolute Gasteiger partial charge is 0.127 e. The largest absolute Gasteiger partial charge is 0.490 e. The summed E-state index contributed by atoms with van der Waals surface area (Å²) in [5.41, 5.74) is -0.809. The van der Waals surface area contributed by atoms with E-state index in [1.54, 1.807) is 13.8 Å². The van der Waals surface area contributed by atoms with Gasteiger partial charge in [-0.1, -0.05) is 36.4 Å². The van der Waals surface area contributed by atoms with Gasteiger partial charge in [0.25, 0.3) is 0 Å². The second-order valence-electron chi connectivity index (χ2n) is 4.58. The van der Waals surface area contributed by atoms with Crippen LogP contribution in [0, 0.1) is 0 Å². The van der Waals surface area contributed by atoms with E-state index >= 15 is 0 Å². The second-order valence-corrected chi connectivity index (χ2v) is 4.58. The van der Waals surface area contributed by atoms with E-state index in [0.29, 0.717) is 6.61 Å². The molecule has 84 valence electrons. The van der Waals surface area contributed by atoms with Gasteiger partial charge in [0.15, 0.2) is 0 Å². The summed E-state index contributed by atoms with van der Waals surface area (Å²) in [5.74, 6) is 0.820. The van der Waals surface area contributed by atoms with Gasteiger partial charge in [-0.15, -0.1) is 0 Å². The van der Waals surface area contributed by atoms with Crippen molar-refractivity contribution in [3.05, 3.63) is 42.5 Å². The van der Waals surface area contributed by atoms with Crippen molar-refractivity contribution in [3.63, 3.8) is 0 Å². The normalized spacial score (nSPS) is 11.7. The maximum Gasteiger partial charge on any atom is 0.127 e. The molecule has 0 saturated heterocycles. The van der Waals surface area contributed by atoms with E-state index in [1.807, 2.05) is 42.5 Å². The van der Waals surface area contributed by atoms with Gasteiger partial charge in [-0.3, -0.25) is 0 Å². The van der Waals surface area contributed by atoms with Gasteiger partial charge in [0.2, 0.25) is 0 Å². The molecule has 0 aromatic heterocycles. The zero-order chi connectivity index (χ0) is 11.6. The molecule has 0 atom stereocenters. The van der Waals surface area contributed by atoms with Crippen LogP contribution in [-0.4, -0.2) is 17.3 Å². The van der Waals surface area contributed by atoms with Crippen molar-refractivity contribution in [2.45, 2.75) is 19.4 Å². The Morgan fingerprint density at radius 1 is 1.06 bits per heavy atom. The van der Waals surface area contributed by atoms with Crippen molar-refractivity contribution in [3.8, 4) is 5.75 Å². The minimum absolute atomic E-state index is 0.293. The Hall–Kier alpha value is -1.54. The molecular formula is C14H16O2. The molecule has 0 radical (unpaired) electrons. The molecule has 0 aliphatic heterocycles. The molecule has 2 rings (SSSR count). The molecule has 2 nitrogen and oxygen atoms in total. The van der Waals surface area contributed by atoms with Crippen molar-refractivity contribution in [2.75, 3.05) is 6.61 Å². The van der Waals surface area contributed by atoms with E-state index in [1.165, 1.54) is 0 Å². The summed E-state index contributed by atoms with van der Waals surface area (Å²) in [6.45, 7) is 3.76. The summed E-state index contributed by atoms with van der Waals surface area (Å²) in [6.07, 6.45) is 0. The van der Waals surface area contributed by atoms with Crippen LogP contribution in [0.1, 0.15) is 13.8 Å². The second kappa shape index (κ2) is 4.14. The van der Waals surface area contributed by atoms with Crippen molar-refractivity contribution in [1.29, 1.82) is 0 Å². The first-order valence-electron chi connectivity index (χ1n) is 5.39. The highest BCUT2D eigenvalue weighted by atomic mass is 16.5. The maximum atomic E-state index is 9.63. The van der Waals surface area contributed by atoms with Gasteiger partial charge in [-0.25, -0.2) is 0 Å². The Kier molecular flexibility index (Phi) is 2.84. The van der Waals surface area contributed by atoms with E-state index < -0.39 is 5.60 Å². The molecule has 0 amide bonds. The van der Waals surface area contributed by atoms with E-state index in [9.17, 15) is 5.11 Å². The molecule has 0 aliphatic rings. The fourth-order valence-corrected chi connectivity index (χ4v) is 1.58. The maximum absolute atomic E-state index is 9.63. The highest BCUT2D eigenvalue weighted by molar-refractivity contribution is 5.88. The Morgan fingerprint density at radius 2 is 1.75 bits per heavy atom. The molecule has 0 bridgehead atoms. The SMILES string of the molecule is CC(C)(O)COc1cccc2ccccc12. The van der Waals surface area contributed by atoms with Crippen LogP contribution in [0.25, 0.3) is 10.8 Å². The summed E-state index contributed by atoms with van der Waals surface area (Å²) in [7, 11) is 0. The molecule has 0 spiro atoms. The molecular weight excluding hydrogens is 200 g/mol. The average molecular weight is 216 g/mol. The van der Waals surface area contributed by atoms with E-state index in [-0.39, 0.29) is 0 Å². The third kappa shape index (κ3) is 2.52. The molecule has 2 aromatic carbocycles. The highest BCUT2D eigenvalue weighted by Crippen LogP contribution is 2.25. The molecule has 0 fully saturated rings.